The van der Waals surface area contributed by atoms with E-state index in [-0.39, 0.29) is 12.6 Å². The summed E-state index contributed by atoms with van der Waals surface area (Å²) in [5.74, 6) is 0.305. The SMILES string of the molecule is CCN(CC(F)(F)F)c1cc([C@H](C)N)ccn1. The second-order valence-electron chi connectivity index (χ2n) is 3.87. The molecule has 0 saturated carbocycles. The van der Waals surface area contributed by atoms with Crippen molar-refractivity contribution in [3.63, 3.8) is 0 Å². The first-order valence-electron chi connectivity index (χ1n) is 5.36. The third-order valence-electron chi connectivity index (χ3n) is 2.37. The van der Waals surface area contributed by atoms with E-state index in [1.165, 1.54) is 11.1 Å². The van der Waals surface area contributed by atoms with Crippen LogP contribution in [0.15, 0.2) is 18.3 Å². The molecule has 1 aromatic rings. The van der Waals surface area contributed by atoms with Gasteiger partial charge < -0.3 is 10.6 Å². The predicted molar refractivity (Wildman–Crippen MR) is 60.8 cm³/mol. The highest BCUT2D eigenvalue weighted by Crippen LogP contribution is 2.22. The van der Waals surface area contributed by atoms with Gasteiger partial charge in [-0.25, -0.2) is 4.98 Å². The zero-order valence-electron chi connectivity index (χ0n) is 9.83. The molecule has 0 aliphatic heterocycles. The Morgan fingerprint density at radius 2 is 2.12 bits per heavy atom. The van der Waals surface area contributed by atoms with Gasteiger partial charge in [0.2, 0.25) is 0 Å². The van der Waals surface area contributed by atoms with E-state index in [0.717, 1.165) is 5.56 Å². The summed E-state index contributed by atoms with van der Waals surface area (Å²) in [5, 5.41) is 0. The normalized spacial score (nSPS) is 13.5. The van der Waals surface area contributed by atoms with E-state index in [2.05, 4.69) is 4.98 Å². The zero-order chi connectivity index (χ0) is 13.1. The van der Waals surface area contributed by atoms with Gasteiger partial charge in [0.15, 0.2) is 0 Å². The molecule has 6 heteroatoms. The Balaban J connectivity index is 2.92. The topological polar surface area (TPSA) is 42.1 Å². The van der Waals surface area contributed by atoms with E-state index < -0.39 is 12.7 Å². The third kappa shape index (κ3) is 4.22. The molecule has 1 rings (SSSR count). The lowest BCUT2D eigenvalue weighted by atomic mass is 10.1. The molecule has 0 aromatic carbocycles. The van der Waals surface area contributed by atoms with E-state index in [1.807, 2.05) is 0 Å². The number of alkyl halides is 3. The molecular weight excluding hydrogens is 231 g/mol. The summed E-state index contributed by atoms with van der Waals surface area (Å²) in [5.41, 5.74) is 6.46. The van der Waals surface area contributed by atoms with Gasteiger partial charge in [0.05, 0.1) is 0 Å². The number of hydrogen-bond donors (Lipinski definition) is 1. The largest absolute Gasteiger partial charge is 0.405 e. The van der Waals surface area contributed by atoms with Crippen molar-refractivity contribution in [1.29, 1.82) is 0 Å². The van der Waals surface area contributed by atoms with Crippen molar-refractivity contribution in [2.24, 2.45) is 5.73 Å². The Bertz CT molecular complexity index is 363. The standard InChI is InChI=1S/C11H16F3N3/c1-3-17(7-11(12,13)14)10-6-9(8(2)15)4-5-16-10/h4-6,8H,3,7,15H2,1-2H3/t8-/m0/s1. The Labute approximate surface area is 98.4 Å². The molecule has 2 N–H and O–H groups in total. The first-order chi connectivity index (χ1) is 7.83. The molecule has 1 atom stereocenters. The van der Waals surface area contributed by atoms with Crippen LogP contribution in [0.1, 0.15) is 25.5 Å². The number of anilines is 1. The molecular formula is C11H16F3N3. The van der Waals surface area contributed by atoms with Crippen molar-refractivity contribution < 1.29 is 13.2 Å². The summed E-state index contributed by atoms with van der Waals surface area (Å²) in [6.45, 7) is 2.68. The average molecular weight is 247 g/mol. The molecule has 0 bridgehead atoms. The maximum atomic E-state index is 12.3. The first-order valence-corrected chi connectivity index (χ1v) is 5.36. The van der Waals surface area contributed by atoms with Crippen molar-refractivity contribution in [1.82, 2.24) is 4.98 Å². The molecule has 0 amide bonds. The van der Waals surface area contributed by atoms with Gasteiger partial charge in [-0.05, 0) is 31.5 Å². The lowest BCUT2D eigenvalue weighted by molar-refractivity contribution is -0.119. The summed E-state index contributed by atoms with van der Waals surface area (Å²) < 4.78 is 37.0. The molecule has 0 fully saturated rings. The van der Waals surface area contributed by atoms with Gasteiger partial charge in [0.1, 0.15) is 12.4 Å². The van der Waals surface area contributed by atoms with E-state index in [1.54, 1.807) is 26.0 Å². The molecule has 17 heavy (non-hydrogen) atoms. The van der Waals surface area contributed by atoms with Gasteiger partial charge in [-0.3, -0.25) is 0 Å². The van der Waals surface area contributed by atoms with E-state index >= 15 is 0 Å². The van der Waals surface area contributed by atoms with Crippen LogP contribution in [0.3, 0.4) is 0 Å². The van der Waals surface area contributed by atoms with E-state index in [0.29, 0.717) is 5.82 Å². The highest BCUT2D eigenvalue weighted by Gasteiger charge is 2.30. The lowest BCUT2D eigenvalue weighted by Crippen LogP contribution is -2.34. The summed E-state index contributed by atoms with van der Waals surface area (Å²) in [4.78, 5) is 5.12. The van der Waals surface area contributed by atoms with Crippen LogP contribution < -0.4 is 10.6 Å². The van der Waals surface area contributed by atoms with Crippen LogP contribution in [0, 0.1) is 0 Å². The van der Waals surface area contributed by atoms with Crippen LogP contribution in [0.25, 0.3) is 0 Å². The van der Waals surface area contributed by atoms with Crippen molar-refractivity contribution in [3.05, 3.63) is 23.9 Å². The second-order valence-corrected chi connectivity index (χ2v) is 3.87. The number of rotatable bonds is 4. The van der Waals surface area contributed by atoms with Crippen LogP contribution in [-0.2, 0) is 0 Å². The van der Waals surface area contributed by atoms with Crippen LogP contribution in [0.5, 0.6) is 0 Å². The summed E-state index contributed by atoms with van der Waals surface area (Å²) in [6, 6.07) is 3.08. The third-order valence-corrected chi connectivity index (χ3v) is 2.37. The van der Waals surface area contributed by atoms with Crippen LogP contribution in [-0.4, -0.2) is 24.2 Å². The average Bonchev–Trinajstić information content (AvgIpc) is 2.25. The smallest absolute Gasteiger partial charge is 0.348 e. The van der Waals surface area contributed by atoms with Crippen LogP contribution in [0.4, 0.5) is 19.0 Å². The lowest BCUT2D eigenvalue weighted by Gasteiger charge is -2.23. The second kappa shape index (κ2) is 5.35. The molecule has 0 aliphatic rings. The maximum Gasteiger partial charge on any atom is 0.405 e. The molecule has 1 aromatic heterocycles. The number of nitrogens with two attached hydrogens (primary N) is 1. The van der Waals surface area contributed by atoms with Gasteiger partial charge in [0, 0.05) is 18.8 Å². The van der Waals surface area contributed by atoms with E-state index in [9.17, 15) is 13.2 Å². The molecule has 3 nitrogen and oxygen atoms in total. The van der Waals surface area contributed by atoms with Crippen molar-refractivity contribution in [3.8, 4) is 0 Å². The summed E-state index contributed by atoms with van der Waals surface area (Å²) in [6.07, 6.45) is -2.75. The minimum Gasteiger partial charge on any atom is -0.348 e. The van der Waals surface area contributed by atoms with E-state index in [4.69, 9.17) is 5.73 Å². The fraction of sp³-hybridized carbons (Fsp3) is 0.545. The van der Waals surface area contributed by atoms with Crippen molar-refractivity contribution in [2.75, 3.05) is 18.0 Å². The molecule has 0 radical (unpaired) electrons. The quantitative estimate of drug-likeness (QED) is 0.888. The Morgan fingerprint density at radius 1 is 1.47 bits per heavy atom. The maximum absolute atomic E-state index is 12.3. The monoisotopic (exact) mass is 247 g/mol. The highest BCUT2D eigenvalue weighted by molar-refractivity contribution is 5.41. The zero-order valence-corrected chi connectivity index (χ0v) is 9.83. The van der Waals surface area contributed by atoms with Crippen LogP contribution >= 0.6 is 0 Å². The molecule has 0 aliphatic carbocycles. The molecule has 1 heterocycles. The highest BCUT2D eigenvalue weighted by atomic mass is 19.4. The first kappa shape index (κ1) is 13.8. The minimum atomic E-state index is -4.23. The van der Waals surface area contributed by atoms with Gasteiger partial charge in [-0.1, -0.05) is 0 Å². The molecule has 0 unspecified atom stereocenters. The van der Waals surface area contributed by atoms with Gasteiger partial charge in [-0.15, -0.1) is 0 Å². The molecule has 96 valence electrons. The number of halogens is 3. The van der Waals surface area contributed by atoms with Gasteiger partial charge in [-0.2, -0.15) is 13.2 Å². The van der Waals surface area contributed by atoms with Crippen LogP contribution in [0.2, 0.25) is 0 Å². The molecule has 0 saturated heterocycles. The van der Waals surface area contributed by atoms with Crippen molar-refractivity contribution >= 4 is 5.82 Å². The fourth-order valence-electron chi connectivity index (χ4n) is 1.46. The fourth-order valence-corrected chi connectivity index (χ4v) is 1.46. The van der Waals surface area contributed by atoms with Crippen molar-refractivity contribution in [2.45, 2.75) is 26.1 Å². The number of nitrogens with zero attached hydrogens (tertiary/aromatic N) is 2. The predicted octanol–water partition coefficient (Wildman–Crippen LogP) is 2.49. The van der Waals surface area contributed by atoms with Gasteiger partial charge in [0.25, 0.3) is 0 Å². The summed E-state index contributed by atoms with van der Waals surface area (Å²) in [7, 11) is 0. The Hall–Kier alpha value is -1.30. The summed E-state index contributed by atoms with van der Waals surface area (Å²) >= 11 is 0. The minimum absolute atomic E-state index is 0.221. The Kier molecular flexibility index (Phi) is 4.34. The number of aromatic nitrogens is 1. The van der Waals surface area contributed by atoms with Gasteiger partial charge >= 0.3 is 6.18 Å². The number of hydrogen-bond acceptors (Lipinski definition) is 3. The Morgan fingerprint density at radius 3 is 2.59 bits per heavy atom. The number of pyridine rings is 1. The molecule has 0 spiro atoms.